The quantitative estimate of drug-likeness (QED) is 0.870. The second-order valence-corrected chi connectivity index (χ2v) is 5.80. The summed E-state index contributed by atoms with van der Waals surface area (Å²) in [7, 11) is 0. The fraction of sp³-hybridized carbons (Fsp3) is 0.400. The fourth-order valence-corrected chi connectivity index (χ4v) is 3.22. The lowest BCUT2D eigenvalue weighted by molar-refractivity contribution is -0.117. The Bertz CT molecular complexity index is 742. The molecule has 108 valence electrons. The number of carbonyl (C=O) groups is 1. The van der Waals surface area contributed by atoms with E-state index in [9.17, 15) is 4.79 Å². The van der Waals surface area contributed by atoms with Crippen molar-refractivity contribution in [2.24, 2.45) is 5.92 Å². The van der Waals surface area contributed by atoms with E-state index in [0.29, 0.717) is 24.1 Å². The molecule has 3 heterocycles. The Labute approximate surface area is 121 Å². The number of fused-ring (bicyclic) bond motifs is 1. The number of hydrogen-bond acceptors (Lipinski definition) is 5. The van der Waals surface area contributed by atoms with Gasteiger partial charge >= 0.3 is 0 Å². The molecule has 2 aromatic heterocycles. The monoisotopic (exact) mass is 284 g/mol. The number of nitrogens with one attached hydrogen (secondary N) is 1. The van der Waals surface area contributed by atoms with Crippen LogP contribution in [0.1, 0.15) is 37.4 Å². The summed E-state index contributed by atoms with van der Waals surface area (Å²) in [4.78, 5) is 17.0. The van der Waals surface area contributed by atoms with Crippen LogP contribution in [0.5, 0.6) is 0 Å². The Hall–Kier alpha value is -2.37. The molecule has 0 spiro atoms. The molecule has 0 radical (unpaired) electrons. The Balaban J connectivity index is 1.92. The third-order valence-electron chi connectivity index (χ3n) is 4.04. The second kappa shape index (κ2) is 4.31. The van der Waals surface area contributed by atoms with Gasteiger partial charge in [0.05, 0.1) is 6.26 Å². The van der Waals surface area contributed by atoms with Crippen LogP contribution in [0.3, 0.4) is 0 Å². The van der Waals surface area contributed by atoms with Crippen molar-refractivity contribution in [3.8, 4) is 0 Å². The summed E-state index contributed by atoms with van der Waals surface area (Å²) < 4.78 is 7.31. The lowest BCUT2D eigenvalue weighted by atomic mass is 9.82. The summed E-state index contributed by atoms with van der Waals surface area (Å²) in [6, 6.07) is 3.40. The highest BCUT2D eigenvalue weighted by atomic mass is 16.3. The van der Waals surface area contributed by atoms with Crippen LogP contribution in [0.2, 0.25) is 0 Å². The van der Waals surface area contributed by atoms with Crippen LogP contribution < -0.4 is 5.32 Å². The highest BCUT2D eigenvalue weighted by molar-refractivity contribution is 5.99. The number of hydrogen-bond donors (Lipinski definition) is 1. The van der Waals surface area contributed by atoms with Crippen molar-refractivity contribution in [3.05, 3.63) is 41.3 Å². The first-order valence-corrected chi connectivity index (χ1v) is 7.13. The molecule has 0 amide bonds. The van der Waals surface area contributed by atoms with Gasteiger partial charge in [-0.2, -0.15) is 10.1 Å². The summed E-state index contributed by atoms with van der Waals surface area (Å²) >= 11 is 0. The van der Waals surface area contributed by atoms with Gasteiger partial charge in [-0.15, -0.1) is 0 Å². The maximum absolute atomic E-state index is 12.6. The smallest absolute Gasteiger partial charge is 0.226 e. The molecule has 0 bridgehead atoms. The molecule has 2 aliphatic rings. The second-order valence-electron chi connectivity index (χ2n) is 5.80. The maximum Gasteiger partial charge on any atom is 0.226 e. The minimum Gasteiger partial charge on any atom is -0.467 e. The van der Waals surface area contributed by atoms with E-state index in [1.807, 2.05) is 19.1 Å². The van der Waals surface area contributed by atoms with Gasteiger partial charge in [0.25, 0.3) is 0 Å². The predicted molar refractivity (Wildman–Crippen MR) is 75.7 cm³/mol. The highest BCUT2D eigenvalue weighted by Crippen LogP contribution is 2.41. The molecule has 2 atom stereocenters. The number of anilines is 1. The van der Waals surface area contributed by atoms with Crippen molar-refractivity contribution < 1.29 is 9.21 Å². The summed E-state index contributed by atoms with van der Waals surface area (Å²) in [5.74, 6) is 2.58. The zero-order valence-electron chi connectivity index (χ0n) is 12.0. The fourth-order valence-electron chi connectivity index (χ4n) is 3.22. The van der Waals surface area contributed by atoms with Crippen LogP contribution in [0.15, 0.2) is 34.1 Å². The van der Waals surface area contributed by atoms with Crippen molar-refractivity contribution in [3.63, 3.8) is 0 Å². The SMILES string of the molecule is Cc1nc2n(n1)[C@H](c1ccco1)C1=C(C[C@H](C)CC1=O)N2. The first-order chi connectivity index (χ1) is 10.1. The molecule has 0 saturated carbocycles. The molecule has 0 saturated heterocycles. The number of aryl methyl sites for hydroxylation is 1. The standard InChI is InChI=1S/C15H16N4O2/c1-8-6-10-13(11(20)7-8)14(12-4-3-5-21-12)19-15(17-10)16-9(2)18-19/h3-5,8,14H,6-7H2,1-2H3,(H,16,17,18)/t8-,14+/m0/s1. The minimum atomic E-state index is -0.313. The van der Waals surface area contributed by atoms with Crippen LogP contribution in [-0.2, 0) is 4.79 Å². The van der Waals surface area contributed by atoms with Gasteiger partial charge in [-0.1, -0.05) is 6.92 Å². The molecule has 4 rings (SSSR count). The Morgan fingerprint density at radius 3 is 3.05 bits per heavy atom. The topological polar surface area (TPSA) is 73.0 Å². The molecule has 21 heavy (non-hydrogen) atoms. The molecule has 2 aromatic rings. The first-order valence-electron chi connectivity index (χ1n) is 7.13. The molecule has 0 aromatic carbocycles. The maximum atomic E-state index is 12.6. The van der Waals surface area contributed by atoms with E-state index in [-0.39, 0.29) is 11.8 Å². The molecule has 6 nitrogen and oxygen atoms in total. The molecular weight excluding hydrogens is 268 g/mol. The van der Waals surface area contributed by atoms with Crippen molar-refractivity contribution in [2.45, 2.75) is 32.7 Å². The van der Waals surface area contributed by atoms with Gasteiger partial charge in [0.15, 0.2) is 5.78 Å². The van der Waals surface area contributed by atoms with Crippen LogP contribution >= 0.6 is 0 Å². The average molecular weight is 284 g/mol. The van der Waals surface area contributed by atoms with E-state index in [1.54, 1.807) is 10.9 Å². The summed E-state index contributed by atoms with van der Waals surface area (Å²) in [5, 5.41) is 7.71. The molecule has 1 N–H and O–H groups in total. The zero-order valence-corrected chi connectivity index (χ0v) is 12.0. The number of allylic oxidation sites excluding steroid dienone is 2. The van der Waals surface area contributed by atoms with E-state index in [4.69, 9.17) is 4.42 Å². The van der Waals surface area contributed by atoms with Gasteiger partial charge in [0.2, 0.25) is 5.95 Å². The number of aromatic nitrogens is 3. The van der Waals surface area contributed by atoms with E-state index in [0.717, 1.165) is 23.5 Å². The van der Waals surface area contributed by atoms with Gasteiger partial charge in [-0.3, -0.25) is 4.79 Å². The third kappa shape index (κ3) is 1.82. The molecule has 0 unspecified atom stereocenters. The van der Waals surface area contributed by atoms with Gasteiger partial charge < -0.3 is 9.73 Å². The van der Waals surface area contributed by atoms with Crippen LogP contribution in [-0.4, -0.2) is 20.5 Å². The van der Waals surface area contributed by atoms with Gasteiger partial charge in [-0.25, -0.2) is 4.68 Å². The number of furan rings is 1. The van der Waals surface area contributed by atoms with Gasteiger partial charge in [0.1, 0.15) is 17.6 Å². The van der Waals surface area contributed by atoms with E-state index < -0.39 is 0 Å². The van der Waals surface area contributed by atoms with Crippen molar-refractivity contribution >= 4 is 11.7 Å². The van der Waals surface area contributed by atoms with Crippen molar-refractivity contribution in [2.75, 3.05) is 5.32 Å². The number of carbonyl (C=O) groups excluding carboxylic acids is 1. The highest BCUT2D eigenvalue weighted by Gasteiger charge is 2.39. The number of ketones is 1. The lowest BCUT2D eigenvalue weighted by Crippen LogP contribution is -2.33. The number of rotatable bonds is 1. The Morgan fingerprint density at radius 2 is 2.29 bits per heavy atom. The third-order valence-corrected chi connectivity index (χ3v) is 4.04. The minimum absolute atomic E-state index is 0.163. The lowest BCUT2D eigenvalue weighted by Gasteiger charge is -2.32. The number of nitrogens with zero attached hydrogens (tertiary/aromatic N) is 3. The summed E-state index contributed by atoms with van der Waals surface area (Å²) in [6.45, 7) is 3.94. The molecule has 6 heteroatoms. The first kappa shape index (κ1) is 12.4. The average Bonchev–Trinajstić information content (AvgIpc) is 3.03. The van der Waals surface area contributed by atoms with E-state index in [2.05, 4.69) is 22.3 Å². The Kier molecular flexibility index (Phi) is 2.54. The summed E-state index contributed by atoms with van der Waals surface area (Å²) in [6.07, 6.45) is 3.04. The van der Waals surface area contributed by atoms with Crippen molar-refractivity contribution in [1.82, 2.24) is 14.8 Å². The normalized spacial score (nSPS) is 24.6. The van der Waals surface area contributed by atoms with Gasteiger partial charge in [-0.05, 0) is 31.4 Å². The largest absolute Gasteiger partial charge is 0.467 e. The van der Waals surface area contributed by atoms with Crippen LogP contribution in [0.4, 0.5) is 5.95 Å². The molecule has 0 fully saturated rings. The molecule has 1 aliphatic heterocycles. The van der Waals surface area contributed by atoms with E-state index >= 15 is 0 Å². The Morgan fingerprint density at radius 1 is 1.43 bits per heavy atom. The molecular formula is C15H16N4O2. The van der Waals surface area contributed by atoms with Gasteiger partial charge in [0, 0.05) is 17.7 Å². The predicted octanol–water partition coefficient (Wildman–Crippen LogP) is 2.45. The van der Waals surface area contributed by atoms with Crippen LogP contribution in [0, 0.1) is 12.8 Å². The van der Waals surface area contributed by atoms with Crippen molar-refractivity contribution in [1.29, 1.82) is 0 Å². The van der Waals surface area contributed by atoms with E-state index in [1.165, 1.54) is 0 Å². The zero-order chi connectivity index (χ0) is 14.6. The number of Topliss-reactive ketones (excluding diaryl/α,β-unsaturated/α-hetero) is 1. The summed E-state index contributed by atoms with van der Waals surface area (Å²) in [5.41, 5.74) is 1.72. The van der Waals surface area contributed by atoms with Crippen LogP contribution in [0.25, 0.3) is 0 Å². The molecule has 1 aliphatic carbocycles.